The molecule has 2 aromatic rings. The molecule has 42 heavy (non-hydrogen) atoms. The van der Waals surface area contributed by atoms with Crippen molar-refractivity contribution in [3.05, 3.63) is 57.6 Å². The lowest BCUT2D eigenvalue weighted by Gasteiger charge is -2.23. The zero-order valence-electron chi connectivity index (χ0n) is 23.4. The van der Waals surface area contributed by atoms with Gasteiger partial charge in [-0.1, -0.05) is 97.2 Å². The average molecular weight is 725 g/mol. The predicted molar refractivity (Wildman–Crippen MR) is 174 cm³/mol. The molecule has 1 unspecified atom stereocenters. The van der Waals surface area contributed by atoms with E-state index in [1.807, 2.05) is 0 Å². The van der Waals surface area contributed by atoms with Gasteiger partial charge in [-0.15, -0.1) is 0 Å². The number of alkyl halides is 1. The number of sulfone groups is 2. The number of hydrogen-bond donors (Lipinski definition) is 0. The van der Waals surface area contributed by atoms with Gasteiger partial charge < -0.3 is 0 Å². The first-order valence-corrected chi connectivity index (χ1v) is 19.3. The molecule has 4 rings (SSSR count). The van der Waals surface area contributed by atoms with Gasteiger partial charge in [-0.05, 0) is 61.1 Å². The van der Waals surface area contributed by atoms with Gasteiger partial charge in [-0.3, -0.25) is 9.59 Å². The van der Waals surface area contributed by atoms with Gasteiger partial charge in [0.2, 0.25) is 0 Å². The summed E-state index contributed by atoms with van der Waals surface area (Å²) in [6, 6.07) is 9.14. The van der Waals surface area contributed by atoms with Crippen LogP contribution in [0.2, 0.25) is 10.0 Å². The highest BCUT2D eigenvalue weighted by molar-refractivity contribution is 9.09. The van der Waals surface area contributed by atoms with E-state index in [9.17, 15) is 26.4 Å². The normalized spacial score (nSPS) is 17.4. The Morgan fingerprint density at radius 3 is 1.67 bits per heavy atom. The first-order valence-electron chi connectivity index (χ1n) is 13.9. The van der Waals surface area contributed by atoms with E-state index >= 15 is 0 Å². The van der Waals surface area contributed by atoms with E-state index in [1.54, 1.807) is 12.1 Å². The largest absolute Gasteiger partial charge is 0.299 e. The molecule has 2 aliphatic rings. The first kappa shape index (κ1) is 36.9. The summed E-state index contributed by atoms with van der Waals surface area (Å²) >= 11 is 15.7. The summed E-state index contributed by atoms with van der Waals surface area (Å²) in [6.07, 6.45) is 13.2. The Bertz CT molecular complexity index is 1460. The van der Waals surface area contributed by atoms with Crippen molar-refractivity contribution in [2.24, 2.45) is 11.8 Å². The Morgan fingerprint density at radius 1 is 0.762 bits per heavy atom. The standard InChI is InChI=1S/C15H18BrClO3S.C15H19ClO3S.CH4/c1-21(19,20)11-7-8-12(13(17)9-11)14(16)15(18)10-5-3-2-4-6-10;1-20(18,19)13-8-7-12(14(16)10-13)9-15(17)11-5-3-2-4-6-11;/h7-10,14H,2-6H2,1H3;7-8,10-11H,2-6,9H2,1H3;1H4. The molecule has 2 aromatic carbocycles. The molecule has 11 heteroatoms. The van der Waals surface area contributed by atoms with Crippen LogP contribution in [-0.2, 0) is 35.7 Å². The number of ketones is 2. The molecule has 0 amide bonds. The van der Waals surface area contributed by atoms with Crippen LogP contribution in [0.4, 0.5) is 0 Å². The molecule has 2 fully saturated rings. The van der Waals surface area contributed by atoms with Crippen molar-refractivity contribution < 1.29 is 26.4 Å². The quantitative estimate of drug-likeness (QED) is 0.254. The van der Waals surface area contributed by atoms with Crippen molar-refractivity contribution in [1.82, 2.24) is 0 Å². The van der Waals surface area contributed by atoms with Crippen LogP contribution in [0.25, 0.3) is 0 Å². The van der Waals surface area contributed by atoms with Crippen LogP contribution in [0, 0.1) is 11.8 Å². The SMILES string of the molecule is C.CS(=O)(=O)c1ccc(C(Br)C(=O)C2CCCCC2)c(Cl)c1.CS(=O)(=O)c1ccc(CC(=O)C2CCCCC2)c(Cl)c1. The van der Waals surface area contributed by atoms with Gasteiger partial charge in [0.1, 0.15) is 5.78 Å². The van der Waals surface area contributed by atoms with E-state index in [1.165, 1.54) is 37.1 Å². The lowest BCUT2D eigenvalue weighted by atomic mass is 9.84. The fourth-order valence-corrected chi connectivity index (χ4v) is 8.22. The Kier molecular flexibility index (Phi) is 14.2. The highest BCUT2D eigenvalue weighted by Gasteiger charge is 2.29. The van der Waals surface area contributed by atoms with Gasteiger partial charge in [0.25, 0.3) is 0 Å². The second-order valence-electron chi connectivity index (χ2n) is 11.1. The molecule has 0 aromatic heterocycles. The molecular formula is C31H41BrCl2O6S2. The fourth-order valence-electron chi connectivity index (χ4n) is 5.35. The predicted octanol–water partition coefficient (Wildman–Crippen LogP) is 8.40. The number of Topliss-reactive ketones (excluding diaryl/α,β-unsaturated/α-hetero) is 2. The Balaban J connectivity index is 0.000000287. The Morgan fingerprint density at radius 2 is 1.21 bits per heavy atom. The van der Waals surface area contributed by atoms with Gasteiger partial charge in [0.15, 0.2) is 25.5 Å². The number of benzene rings is 2. The van der Waals surface area contributed by atoms with Gasteiger partial charge in [0.05, 0.1) is 14.6 Å². The van der Waals surface area contributed by atoms with E-state index in [4.69, 9.17) is 23.2 Å². The molecule has 6 nitrogen and oxygen atoms in total. The molecule has 234 valence electrons. The van der Waals surface area contributed by atoms with Crippen LogP contribution in [0.3, 0.4) is 0 Å². The zero-order chi connectivity index (χ0) is 30.4. The molecule has 0 radical (unpaired) electrons. The topological polar surface area (TPSA) is 102 Å². The van der Waals surface area contributed by atoms with E-state index in [-0.39, 0.29) is 40.6 Å². The van der Waals surface area contributed by atoms with Crippen molar-refractivity contribution in [2.75, 3.05) is 12.5 Å². The van der Waals surface area contributed by atoms with Crippen LogP contribution < -0.4 is 0 Å². The third-order valence-corrected chi connectivity index (χ3v) is 11.7. The molecule has 2 aliphatic carbocycles. The van der Waals surface area contributed by atoms with Crippen LogP contribution in [0.15, 0.2) is 46.2 Å². The molecule has 0 N–H and O–H groups in total. The minimum absolute atomic E-state index is 0. The third-order valence-electron chi connectivity index (χ3n) is 7.81. The summed E-state index contributed by atoms with van der Waals surface area (Å²) < 4.78 is 45.9. The van der Waals surface area contributed by atoms with Crippen LogP contribution in [-0.4, -0.2) is 40.9 Å². The van der Waals surface area contributed by atoms with E-state index in [2.05, 4.69) is 15.9 Å². The van der Waals surface area contributed by atoms with E-state index in [0.717, 1.165) is 69.4 Å². The van der Waals surface area contributed by atoms with Crippen molar-refractivity contribution in [3.8, 4) is 0 Å². The number of rotatable bonds is 8. The van der Waals surface area contributed by atoms with Gasteiger partial charge in [0, 0.05) is 40.8 Å². The molecule has 0 spiro atoms. The maximum absolute atomic E-state index is 12.5. The van der Waals surface area contributed by atoms with Gasteiger partial charge in [-0.25, -0.2) is 16.8 Å². The van der Waals surface area contributed by atoms with Crippen molar-refractivity contribution in [1.29, 1.82) is 0 Å². The van der Waals surface area contributed by atoms with E-state index in [0.29, 0.717) is 22.0 Å². The highest BCUT2D eigenvalue weighted by atomic mass is 79.9. The zero-order valence-corrected chi connectivity index (χ0v) is 28.1. The van der Waals surface area contributed by atoms with Crippen LogP contribution >= 0.6 is 39.1 Å². The van der Waals surface area contributed by atoms with E-state index < -0.39 is 24.5 Å². The maximum atomic E-state index is 12.5. The third kappa shape index (κ3) is 10.4. The summed E-state index contributed by atoms with van der Waals surface area (Å²) in [5, 5.41) is 0.668. The van der Waals surface area contributed by atoms with Crippen molar-refractivity contribution in [2.45, 2.75) is 92.7 Å². The monoisotopic (exact) mass is 722 g/mol. The molecule has 0 saturated heterocycles. The summed E-state index contributed by atoms with van der Waals surface area (Å²) in [5.41, 5.74) is 1.36. The maximum Gasteiger partial charge on any atom is 0.175 e. The molecule has 0 heterocycles. The van der Waals surface area contributed by atoms with Crippen molar-refractivity contribution >= 4 is 70.4 Å². The highest BCUT2D eigenvalue weighted by Crippen LogP contribution is 2.37. The number of carbonyl (C=O) groups excluding carboxylic acids is 2. The second kappa shape index (κ2) is 16.2. The lowest BCUT2D eigenvalue weighted by Crippen LogP contribution is -2.21. The number of halogens is 3. The molecule has 0 bridgehead atoms. The van der Waals surface area contributed by atoms with Gasteiger partial charge in [-0.2, -0.15) is 0 Å². The smallest absolute Gasteiger partial charge is 0.175 e. The Hall–Kier alpha value is -1.26. The Labute approximate surface area is 269 Å². The van der Waals surface area contributed by atoms with Crippen LogP contribution in [0.1, 0.15) is 87.6 Å². The second-order valence-corrected chi connectivity index (χ2v) is 16.8. The summed E-state index contributed by atoms with van der Waals surface area (Å²) in [7, 11) is -6.55. The number of carbonyl (C=O) groups is 2. The fraction of sp³-hybridized carbons (Fsp3) is 0.548. The summed E-state index contributed by atoms with van der Waals surface area (Å²) in [4.78, 5) is 24.6. The minimum Gasteiger partial charge on any atom is -0.299 e. The lowest BCUT2D eigenvalue weighted by molar-refractivity contribution is -0.123. The molecule has 1 atom stereocenters. The molecular weight excluding hydrogens is 683 g/mol. The summed E-state index contributed by atoms with van der Waals surface area (Å²) in [5.74, 6) is 0.589. The molecule has 2 saturated carbocycles. The first-order chi connectivity index (χ1) is 19.2. The molecule has 0 aliphatic heterocycles. The van der Waals surface area contributed by atoms with Crippen LogP contribution in [0.5, 0.6) is 0 Å². The average Bonchev–Trinajstić information content (AvgIpc) is 2.93. The van der Waals surface area contributed by atoms with Gasteiger partial charge >= 0.3 is 0 Å². The summed E-state index contributed by atoms with van der Waals surface area (Å²) in [6.45, 7) is 0. The number of hydrogen-bond acceptors (Lipinski definition) is 6. The van der Waals surface area contributed by atoms with Crippen molar-refractivity contribution in [3.63, 3.8) is 0 Å². The minimum atomic E-state index is -3.29.